The van der Waals surface area contributed by atoms with E-state index in [0.29, 0.717) is 25.2 Å². The Hall–Kier alpha value is -5.68. The number of rotatable bonds is 10. The first kappa shape index (κ1) is 33.8. The van der Waals surface area contributed by atoms with Gasteiger partial charge in [-0.05, 0) is 68.9 Å². The van der Waals surface area contributed by atoms with Crippen molar-refractivity contribution >= 4 is 67.5 Å². The van der Waals surface area contributed by atoms with Gasteiger partial charge in [0.15, 0.2) is 0 Å². The number of likely N-dealkylation sites (N-methyl/N-ethyl adjacent to an activating group) is 1. The van der Waals surface area contributed by atoms with Crippen LogP contribution in [0.4, 0.5) is 34.1 Å². The molecule has 2 aliphatic rings. The maximum Gasteiger partial charge on any atom is 0.306 e. The number of azo groups is 2. The van der Waals surface area contributed by atoms with Gasteiger partial charge in [0.1, 0.15) is 5.66 Å². The first-order valence-corrected chi connectivity index (χ1v) is 17.4. The second-order valence-corrected chi connectivity index (χ2v) is 13.6. The van der Waals surface area contributed by atoms with Crippen LogP contribution in [-0.2, 0) is 20.7 Å². The number of hydrogen-bond donors (Lipinski definition) is 2. The predicted octanol–water partition coefficient (Wildman–Crippen LogP) is 9.04. The van der Waals surface area contributed by atoms with Crippen molar-refractivity contribution in [2.45, 2.75) is 38.8 Å². The molecule has 0 atom stereocenters. The first-order valence-electron chi connectivity index (χ1n) is 17.4. The van der Waals surface area contributed by atoms with Crippen LogP contribution in [0.15, 0.2) is 111 Å². The van der Waals surface area contributed by atoms with Crippen molar-refractivity contribution < 1.29 is 14.3 Å². The second kappa shape index (κ2) is 14.7. The van der Waals surface area contributed by atoms with Gasteiger partial charge >= 0.3 is 5.97 Å². The van der Waals surface area contributed by atoms with E-state index >= 15 is 0 Å². The van der Waals surface area contributed by atoms with Crippen LogP contribution in [0.3, 0.4) is 0 Å². The van der Waals surface area contributed by atoms with Crippen LogP contribution in [-0.4, -0.2) is 67.2 Å². The number of nitrogens with one attached hydrogen (secondary N) is 2. The van der Waals surface area contributed by atoms with E-state index in [4.69, 9.17) is 15.0 Å². The van der Waals surface area contributed by atoms with Crippen LogP contribution >= 0.6 is 0 Å². The molecule has 2 heterocycles. The van der Waals surface area contributed by atoms with E-state index in [0.717, 1.165) is 68.6 Å². The van der Waals surface area contributed by atoms with Crippen LogP contribution in [0, 0.1) is 0 Å². The number of ether oxygens (including phenoxy) is 1. The lowest BCUT2D eigenvalue weighted by Gasteiger charge is -2.36. The summed E-state index contributed by atoms with van der Waals surface area (Å²) in [4.78, 5) is 28.6. The first-order chi connectivity index (χ1) is 24.7. The molecule has 0 spiro atoms. The summed E-state index contributed by atoms with van der Waals surface area (Å²) >= 11 is 0. The molecule has 1 fully saturated rings. The van der Waals surface area contributed by atoms with Gasteiger partial charge in [-0.3, -0.25) is 9.59 Å². The third kappa shape index (κ3) is 7.89. The molecule has 0 radical (unpaired) electrons. The van der Waals surface area contributed by atoms with Gasteiger partial charge in [0, 0.05) is 71.9 Å². The minimum Gasteiger partial charge on any atom is -0.465 e. The van der Waals surface area contributed by atoms with Crippen molar-refractivity contribution in [3.05, 3.63) is 96.6 Å². The number of carbonyl (C=O) groups excluding carboxylic acids is 2. The predicted molar refractivity (Wildman–Crippen MR) is 202 cm³/mol. The molecule has 2 N–H and O–H groups in total. The quantitative estimate of drug-likeness (QED) is 0.112. The highest BCUT2D eigenvalue weighted by molar-refractivity contribution is 6.09. The van der Waals surface area contributed by atoms with Crippen LogP contribution in [0.1, 0.15) is 32.3 Å². The summed E-state index contributed by atoms with van der Waals surface area (Å²) in [6.07, 6.45) is 0.860. The molecule has 5 aromatic carbocycles. The van der Waals surface area contributed by atoms with Gasteiger partial charge in [-0.1, -0.05) is 48.5 Å². The van der Waals surface area contributed by atoms with E-state index in [1.54, 1.807) is 0 Å². The van der Waals surface area contributed by atoms with Gasteiger partial charge in [-0.25, -0.2) is 0 Å². The molecule has 1 saturated heterocycles. The lowest BCUT2D eigenvalue weighted by atomic mass is 10.00. The van der Waals surface area contributed by atoms with Crippen molar-refractivity contribution in [2.75, 3.05) is 50.5 Å². The Kier molecular flexibility index (Phi) is 9.72. The van der Waals surface area contributed by atoms with Gasteiger partial charge in [-0.15, -0.1) is 15.3 Å². The van der Waals surface area contributed by atoms with Crippen molar-refractivity contribution in [3.63, 3.8) is 0 Å². The van der Waals surface area contributed by atoms with Crippen molar-refractivity contribution in [1.29, 1.82) is 0 Å². The van der Waals surface area contributed by atoms with Crippen LogP contribution in [0.25, 0.3) is 21.5 Å². The Balaban J connectivity index is 0.966. The van der Waals surface area contributed by atoms with Gasteiger partial charge in [0.2, 0.25) is 5.91 Å². The SMILES string of the molecule is CN1CCN(C(=O)CCC(=O)OCCc2ccc(N=Nc3ccc(N=Nc4ccc5c6c(cccc46)NC(C)(C)N5)c4ccccc34)cc2)CC1. The monoisotopic (exact) mass is 682 g/mol. The summed E-state index contributed by atoms with van der Waals surface area (Å²) in [5.74, 6) is -0.336. The number of amides is 1. The molecule has 51 heavy (non-hydrogen) atoms. The average Bonchev–Trinajstić information content (AvgIpc) is 3.13. The maximum absolute atomic E-state index is 12.4. The van der Waals surface area contributed by atoms with E-state index in [1.807, 2.05) is 84.7 Å². The molecular formula is C40H42N8O3. The molecular weight excluding hydrogens is 640 g/mol. The Morgan fingerprint density at radius 1 is 0.686 bits per heavy atom. The smallest absolute Gasteiger partial charge is 0.306 e. The van der Waals surface area contributed by atoms with Gasteiger partial charge in [-0.2, -0.15) is 5.11 Å². The zero-order chi connectivity index (χ0) is 35.4. The number of esters is 1. The van der Waals surface area contributed by atoms with Crippen molar-refractivity contribution in [2.24, 2.45) is 20.5 Å². The molecule has 0 unspecified atom stereocenters. The summed E-state index contributed by atoms with van der Waals surface area (Å²) in [6, 6.07) is 29.8. The molecule has 0 aromatic heterocycles. The van der Waals surface area contributed by atoms with Crippen molar-refractivity contribution in [3.8, 4) is 0 Å². The molecule has 7 rings (SSSR count). The number of carbonyl (C=O) groups is 2. The van der Waals surface area contributed by atoms with E-state index in [1.165, 1.54) is 0 Å². The summed E-state index contributed by atoms with van der Waals surface area (Å²) in [7, 11) is 2.04. The number of fused-ring (bicyclic) bond motifs is 1. The topological polar surface area (TPSA) is 123 Å². The Bertz CT molecular complexity index is 2120. The zero-order valence-corrected chi connectivity index (χ0v) is 29.2. The third-order valence-electron chi connectivity index (χ3n) is 9.32. The third-order valence-corrected chi connectivity index (χ3v) is 9.32. The van der Waals surface area contributed by atoms with Gasteiger partial charge in [0.25, 0.3) is 0 Å². The Labute approximate surface area is 297 Å². The fourth-order valence-electron chi connectivity index (χ4n) is 6.56. The highest BCUT2D eigenvalue weighted by Gasteiger charge is 2.25. The molecule has 0 bridgehead atoms. The van der Waals surface area contributed by atoms with Gasteiger partial charge in [0.05, 0.1) is 35.8 Å². The average molecular weight is 683 g/mol. The minimum atomic E-state index is -0.349. The number of benzene rings is 5. The number of piperazine rings is 1. The highest BCUT2D eigenvalue weighted by Crippen LogP contribution is 2.42. The van der Waals surface area contributed by atoms with Gasteiger partial charge < -0.3 is 25.2 Å². The molecule has 11 nitrogen and oxygen atoms in total. The summed E-state index contributed by atoms with van der Waals surface area (Å²) in [5, 5.41) is 29.6. The molecule has 0 aliphatic carbocycles. The number of anilines is 2. The Morgan fingerprint density at radius 3 is 1.96 bits per heavy atom. The normalized spacial score (nSPS) is 15.7. The maximum atomic E-state index is 12.4. The van der Waals surface area contributed by atoms with Crippen molar-refractivity contribution in [1.82, 2.24) is 9.80 Å². The van der Waals surface area contributed by atoms with E-state index in [9.17, 15) is 9.59 Å². The second-order valence-electron chi connectivity index (χ2n) is 13.6. The summed E-state index contributed by atoms with van der Waals surface area (Å²) < 4.78 is 5.39. The zero-order valence-electron chi connectivity index (χ0n) is 29.2. The van der Waals surface area contributed by atoms with E-state index in [2.05, 4.69) is 57.8 Å². The minimum absolute atomic E-state index is 0.0130. The summed E-state index contributed by atoms with van der Waals surface area (Å²) in [5.41, 5.74) is 5.88. The lowest BCUT2D eigenvalue weighted by Crippen LogP contribution is -2.47. The fourth-order valence-corrected chi connectivity index (χ4v) is 6.56. The molecule has 2 aliphatic heterocycles. The van der Waals surface area contributed by atoms with Crippen LogP contribution < -0.4 is 10.6 Å². The number of nitrogens with zero attached hydrogens (tertiary/aromatic N) is 6. The van der Waals surface area contributed by atoms with E-state index < -0.39 is 0 Å². The highest BCUT2D eigenvalue weighted by atomic mass is 16.5. The summed E-state index contributed by atoms with van der Waals surface area (Å²) in [6.45, 7) is 7.62. The Morgan fingerprint density at radius 2 is 1.27 bits per heavy atom. The van der Waals surface area contributed by atoms with Crippen LogP contribution in [0.2, 0.25) is 0 Å². The molecule has 5 aromatic rings. The standard InChI is InChI=1S/C40H42N8O3/c1-40(2)41-35-10-6-9-31-34(17-18-36(42-40)39(31)35)46-45-33-16-15-32(29-7-4-5-8-30(29)33)44-43-28-13-11-27(12-14-28)21-26-51-38(50)20-19-37(49)48-24-22-47(3)23-25-48/h4-18,41-42H,19-26H2,1-3H3. The molecule has 1 amide bonds. The molecule has 11 heteroatoms. The number of hydrogen-bond acceptors (Lipinski definition) is 10. The molecule has 0 saturated carbocycles. The van der Waals surface area contributed by atoms with Crippen LogP contribution in [0.5, 0.6) is 0 Å². The fraction of sp³-hybridized carbons (Fsp3) is 0.300. The lowest BCUT2D eigenvalue weighted by molar-refractivity contribution is -0.146. The largest absolute Gasteiger partial charge is 0.465 e. The molecule has 260 valence electrons. The van der Waals surface area contributed by atoms with E-state index in [-0.39, 0.29) is 37.0 Å².